The minimum absolute atomic E-state index is 0.594. The number of aromatic amines is 1. The second-order valence-corrected chi connectivity index (χ2v) is 3.97. The first kappa shape index (κ1) is 10.1. The second kappa shape index (κ2) is 4.88. The predicted molar refractivity (Wildman–Crippen MR) is 57.9 cm³/mol. The first-order valence-electron chi connectivity index (χ1n) is 4.86. The van der Waals surface area contributed by atoms with Crippen molar-refractivity contribution >= 4 is 11.3 Å². The molecule has 0 saturated heterocycles. The Bertz CT molecular complexity index is 398. The predicted octanol–water partition coefficient (Wildman–Crippen LogP) is 2.11. The van der Waals surface area contributed by atoms with Gasteiger partial charge in [-0.15, -0.1) is 21.5 Å². The van der Waals surface area contributed by atoms with Gasteiger partial charge in [0.05, 0.1) is 6.61 Å². The molecular weight excluding hydrogens is 212 g/mol. The maximum Gasteiger partial charge on any atom is 0.218 e. The largest absolute Gasteiger partial charge is 0.492 e. The van der Waals surface area contributed by atoms with Crippen molar-refractivity contribution in [1.29, 1.82) is 0 Å². The summed E-state index contributed by atoms with van der Waals surface area (Å²) in [6, 6.07) is 1.94. The molecule has 15 heavy (non-hydrogen) atoms. The molecule has 0 aliphatic carbocycles. The zero-order chi connectivity index (χ0) is 10.5. The van der Waals surface area contributed by atoms with Gasteiger partial charge in [0, 0.05) is 0 Å². The van der Waals surface area contributed by atoms with Gasteiger partial charge < -0.3 is 4.74 Å². The molecule has 0 spiro atoms. The number of aromatic nitrogens is 4. The van der Waals surface area contributed by atoms with Crippen LogP contribution >= 0.6 is 11.3 Å². The Balaban J connectivity index is 2.09. The summed E-state index contributed by atoms with van der Waals surface area (Å²) < 4.78 is 5.63. The lowest BCUT2D eigenvalue weighted by Gasteiger charge is -2.03. The van der Waals surface area contributed by atoms with E-state index in [0.717, 1.165) is 30.1 Å². The fraction of sp³-hybridized carbons (Fsp3) is 0.444. The summed E-state index contributed by atoms with van der Waals surface area (Å²) in [6.45, 7) is 2.87. The number of thiophene rings is 1. The minimum Gasteiger partial charge on any atom is -0.492 e. The average Bonchev–Trinajstić information content (AvgIpc) is 2.87. The van der Waals surface area contributed by atoms with Gasteiger partial charge in [-0.05, 0) is 23.1 Å². The number of unbranched alkanes of at least 4 members (excludes halogenated alkanes) is 1. The van der Waals surface area contributed by atoms with Crippen LogP contribution in [0.3, 0.4) is 0 Å². The zero-order valence-electron chi connectivity index (χ0n) is 8.43. The van der Waals surface area contributed by atoms with Gasteiger partial charge in [0.15, 0.2) is 0 Å². The van der Waals surface area contributed by atoms with Gasteiger partial charge in [0.1, 0.15) is 10.6 Å². The molecule has 0 radical (unpaired) electrons. The van der Waals surface area contributed by atoms with E-state index in [1.807, 2.05) is 11.4 Å². The summed E-state index contributed by atoms with van der Waals surface area (Å²) in [7, 11) is 0. The van der Waals surface area contributed by atoms with Crippen LogP contribution in [0.2, 0.25) is 0 Å². The molecule has 80 valence electrons. The molecule has 0 aliphatic heterocycles. The monoisotopic (exact) mass is 224 g/mol. The van der Waals surface area contributed by atoms with Gasteiger partial charge in [-0.2, -0.15) is 5.21 Å². The highest BCUT2D eigenvalue weighted by Gasteiger charge is 2.11. The van der Waals surface area contributed by atoms with E-state index in [9.17, 15) is 0 Å². The summed E-state index contributed by atoms with van der Waals surface area (Å²) in [4.78, 5) is 0.930. The van der Waals surface area contributed by atoms with E-state index in [2.05, 4.69) is 27.5 Å². The van der Waals surface area contributed by atoms with E-state index in [1.165, 1.54) is 0 Å². The quantitative estimate of drug-likeness (QED) is 0.790. The van der Waals surface area contributed by atoms with Crippen LogP contribution in [0.5, 0.6) is 5.75 Å². The molecule has 2 rings (SSSR count). The van der Waals surface area contributed by atoms with E-state index in [0.29, 0.717) is 5.82 Å². The van der Waals surface area contributed by atoms with Gasteiger partial charge in [0.25, 0.3) is 0 Å². The van der Waals surface area contributed by atoms with Crippen LogP contribution in [-0.4, -0.2) is 27.2 Å². The Morgan fingerprint density at radius 2 is 2.47 bits per heavy atom. The molecule has 0 unspecified atom stereocenters. The molecule has 2 heterocycles. The van der Waals surface area contributed by atoms with Crippen LogP contribution in [0, 0.1) is 0 Å². The Labute approximate surface area is 91.5 Å². The van der Waals surface area contributed by atoms with Crippen molar-refractivity contribution in [1.82, 2.24) is 20.6 Å². The third-order valence-corrected chi connectivity index (χ3v) is 2.82. The highest BCUT2D eigenvalue weighted by molar-refractivity contribution is 7.13. The summed E-state index contributed by atoms with van der Waals surface area (Å²) in [5, 5.41) is 15.8. The van der Waals surface area contributed by atoms with Gasteiger partial charge in [-0.25, -0.2) is 0 Å². The minimum atomic E-state index is 0.594. The third-order valence-electron chi connectivity index (χ3n) is 1.93. The number of ether oxygens (including phenoxy) is 1. The number of hydrogen-bond acceptors (Lipinski definition) is 5. The SMILES string of the molecule is CCCCOc1ccsc1-c1nn[nH]n1. The topological polar surface area (TPSA) is 63.7 Å². The van der Waals surface area contributed by atoms with Crippen molar-refractivity contribution in [3.63, 3.8) is 0 Å². The highest BCUT2D eigenvalue weighted by atomic mass is 32.1. The summed E-state index contributed by atoms with van der Waals surface area (Å²) >= 11 is 1.56. The standard InChI is InChI=1S/C9H12N4OS/c1-2-3-5-14-7-4-6-15-8(7)9-10-12-13-11-9/h4,6H,2-3,5H2,1H3,(H,10,11,12,13). The number of H-pyrrole nitrogens is 1. The zero-order valence-corrected chi connectivity index (χ0v) is 9.25. The molecule has 0 aromatic carbocycles. The van der Waals surface area contributed by atoms with Crippen molar-refractivity contribution in [2.45, 2.75) is 19.8 Å². The molecular formula is C9H12N4OS. The number of tetrazole rings is 1. The third kappa shape index (κ3) is 2.33. The van der Waals surface area contributed by atoms with Crippen LogP contribution < -0.4 is 4.74 Å². The molecule has 2 aromatic rings. The van der Waals surface area contributed by atoms with Crippen LogP contribution in [0.4, 0.5) is 0 Å². The number of rotatable bonds is 5. The normalized spacial score (nSPS) is 10.5. The molecule has 6 heteroatoms. The van der Waals surface area contributed by atoms with Crippen molar-refractivity contribution < 1.29 is 4.74 Å². The van der Waals surface area contributed by atoms with Gasteiger partial charge in [-0.1, -0.05) is 13.3 Å². The van der Waals surface area contributed by atoms with Gasteiger partial charge >= 0.3 is 0 Å². The molecule has 0 saturated carbocycles. The van der Waals surface area contributed by atoms with Crippen molar-refractivity contribution in [2.24, 2.45) is 0 Å². The molecule has 2 aromatic heterocycles. The summed E-state index contributed by atoms with van der Waals surface area (Å²) in [5.41, 5.74) is 0. The van der Waals surface area contributed by atoms with Crippen LogP contribution in [0.15, 0.2) is 11.4 Å². The Morgan fingerprint density at radius 3 is 3.20 bits per heavy atom. The molecule has 0 bridgehead atoms. The number of nitrogens with one attached hydrogen (secondary N) is 1. The number of nitrogens with zero attached hydrogens (tertiary/aromatic N) is 3. The van der Waals surface area contributed by atoms with Crippen molar-refractivity contribution in [2.75, 3.05) is 6.61 Å². The van der Waals surface area contributed by atoms with Crippen molar-refractivity contribution in [3.05, 3.63) is 11.4 Å². The van der Waals surface area contributed by atoms with Crippen molar-refractivity contribution in [3.8, 4) is 16.5 Å². The molecule has 0 amide bonds. The lowest BCUT2D eigenvalue weighted by Crippen LogP contribution is -1.96. The van der Waals surface area contributed by atoms with Crippen LogP contribution in [-0.2, 0) is 0 Å². The molecule has 0 atom stereocenters. The van der Waals surface area contributed by atoms with Gasteiger partial charge in [-0.3, -0.25) is 0 Å². The first-order chi connectivity index (χ1) is 7.42. The van der Waals surface area contributed by atoms with E-state index in [4.69, 9.17) is 4.74 Å². The lowest BCUT2D eigenvalue weighted by atomic mass is 10.3. The molecule has 1 N–H and O–H groups in total. The summed E-state index contributed by atoms with van der Waals surface area (Å²) in [6.07, 6.45) is 2.18. The number of hydrogen-bond donors (Lipinski definition) is 1. The Hall–Kier alpha value is -1.43. The average molecular weight is 224 g/mol. The summed E-state index contributed by atoms with van der Waals surface area (Å²) in [5.74, 6) is 1.44. The van der Waals surface area contributed by atoms with Crippen LogP contribution in [0.25, 0.3) is 10.7 Å². The Morgan fingerprint density at radius 1 is 1.53 bits per heavy atom. The van der Waals surface area contributed by atoms with Gasteiger partial charge in [0.2, 0.25) is 5.82 Å². The second-order valence-electron chi connectivity index (χ2n) is 3.05. The fourth-order valence-electron chi connectivity index (χ4n) is 1.16. The van der Waals surface area contributed by atoms with E-state index in [1.54, 1.807) is 11.3 Å². The first-order valence-corrected chi connectivity index (χ1v) is 5.74. The molecule has 5 nitrogen and oxygen atoms in total. The molecule has 0 aliphatic rings. The maximum absolute atomic E-state index is 5.63. The smallest absolute Gasteiger partial charge is 0.218 e. The highest BCUT2D eigenvalue weighted by Crippen LogP contribution is 2.32. The van der Waals surface area contributed by atoms with E-state index in [-0.39, 0.29) is 0 Å². The lowest BCUT2D eigenvalue weighted by molar-refractivity contribution is 0.311. The Kier molecular flexibility index (Phi) is 3.29. The maximum atomic E-state index is 5.63. The fourth-order valence-corrected chi connectivity index (χ4v) is 1.92. The van der Waals surface area contributed by atoms with E-state index >= 15 is 0 Å². The van der Waals surface area contributed by atoms with E-state index < -0.39 is 0 Å². The molecule has 0 fully saturated rings. The van der Waals surface area contributed by atoms with Crippen LogP contribution in [0.1, 0.15) is 19.8 Å².